The van der Waals surface area contributed by atoms with Gasteiger partial charge in [-0.2, -0.15) is 4.72 Å². The molecule has 0 rings (SSSR count). The lowest BCUT2D eigenvalue weighted by Gasteiger charge is -2.27. The lowest BCUT2D eigenvalue weighted by atomic mass is 9.98. The molecule has 114 valence electrons. The van der Waals surface area contributed by atoms with Crippen LogP contribution in [0.25, 0.3) is 0 Å². The van der Waals surface area contributed by atoms with Crippen molar-refractivity contribution in [2.45, 2.75) is 32.2 Å². The van der Waals surface area contributed by atoms with Crippen LogP contribution in [0, 0.1) is 0 Å². The molecule has 0 aliphatic heterocycles. The fourth-order valence-electron chi connectivity index (χ4n) is 1.58. The molecule has 7 nitrogen and oxygen atoms in total. The van der Waals surface area contributed by atoms with Crippen molar-refractivity contribution >= 4 is 25.8 Å². The summed E-state index contributed by atoms with van der Waals surface area (Å²) in [5.41, 5.74) is -1.38. The Kier molecular flexibility index (Phi) is 6.43. The smallest absolute Gasteiger partial charge is 0.326 e. The topological polar surface area (TPSA) is 107 Å². The van der Waals surface area contributed by atoms with Crippen molar-refractivity contribution in [2.75, 3.05) is 24.9 Å². The Labute approximate surface area is 114 Å². The van der Waals surface area contributed by atoms with E-state index in [-0.39, 0.29) is 6.42 Å². The molecule has 0 saturated heterocycles. The molecule has 0 bridgehead atoms. The monoisotopic (exact) mass is 315 g/mol. The first kappa shape index (κ1) is 18.3. The molecular formula is C10H21NO6S2. The molecular weight excluding hydrogens is 294 g/mol. The quantitative estimate of drug-likeness (QED) is 0.615. The molecule has 0 spiro atoms. The van der Waals surface area contributed by atoms with Crippen LogP contribution in [-0.2, 0) is 29.4 Å². The highest BCUT2D eigenvalue weighted by atomic mass is 32.2. The first-order valence-electron chi connectivity index (χ1n) is 5.73. The summed E-state index contributed by atoms with van der Waals surface area (Å²) in [7, 11) is -6.10. The van der Waals surface area contributed by atoms with Crippen LogP contribution in [0.2, 0.25) is 0 Å². The maximum Gasteiger partial charge on any atom is 0.326 e. The van der Waals surface area contributed by atoms with Crippen LogP contribution in [0.1, 0.15) is 26.7 Å². The van der Waals surface area contributed by atoms with Crippen LogP contribution in [0.3, 0.4) is 0 Å². The van der Waals surface area contributed by atoms with E-state index in [2.05, 4.69) is 9.46 Å². The number of sulfone groups is 1. The summed E-state index contributed by atoms with van der Waals surface area (Å²) >= 11 is 0. The van der Waals surface area contributed by atoms with Crippen LogP contribution < -0.4 is 4.72 Å². The average Bonchev–Trinajstić information content (AvgIpc) is 2.24. The number of hydrogen-bond donors (Lipinski definition) is 1. The van der Waals surface area contributed by atoms with Gasteiger partial charge in [0.1, 0.15) is 15.4 Å². The number of ether oxygens (including phenoxy) is 1. The van der Waals surface area contributed by atoms with Crippen molar-refractivity contribution < 1.29 is 26.4 Å². The highest BCUT2D eigenvalue weighted by Gasteiger charge is 2.37. The van der Waals surface area contributed by atoms with Gasteiger partial charge in [0, 0.05) is 6.26 Å². The summed E-state index contributed by atoms with van der Waals surface area (Å²) in [6, 6.07) is 0. The molecule has 1 unspecified atom stereocenters. The van der Waals surface area contributed by atoms with Crippen molar-refractivity contribution in [2.24, 2.45) is 0 Å². The van der Waals surface area contributed by atoms with Gasteiger partial charge in [-0.3, -0.25) is 4.79 Å². The normalized spacial score (nSPS) is 15.8. The van der Waals surface area contributed by atoms with E-state index in [4.69, 9.17) is 0 Å². The van der Waals surface area contributed by atoms with Crippen molar-refractivity contribution in [3.63, 3.8) is 0 Å². The van der Waals surface area contributed by atoms with Crippen molar-refractivity contribution in [3.8, 4) is 0 Å². The van der Waals surface area contributed by atoms with Gasteiger partial charge in [0.25, 0.3) is 0 Å². The second-order valence-electron chi connectivity index (χ2n) is 4.62. The molecule has 0 aromatic heterocycles. The van der Waals surface area contributed by atoms with Gasteiger partial charge in [0.2, 0.25) is 10.0 Å². The lowest BCUT2D eigenvalue weighted by molar-refractivity contribution is -0.147. The second-order valence-corrected chi connectivity index (χ2v) is 8.73. The van der Waals surface area contributed by atoms with Gasteiger partial charge in [0.15, 0.2) is 0 Å². The molecule has 0 aliphatic rings. The molecule has 9 heteroatoms. The first-order valence-corrected chi connectivity index (χ1v) is 9.45. The molecule has 0 amide bonds. The summed E-state index contributed by atoms with van der Waals surface area (Å²) in [6.45, 7) is 3.21. The van der Waals surface area contributed by atoms with Crippen LogP contribution in [0.4, 0.5) is 0 Å². The van der Waals surface area contributed by atoms with Gasteiger partial charge in [-0.15, -0.1) is 0 Å². The Hall–Kier alpha value is -0.670. The highest BCUT2D eigenvalue weighted by Crippen LogP contribution is 2.16. The molecule has 19 heavy (non-hydrogen) atoms. The largest absolute Gasteiger partial charge is 0.468 e. The third-order valence-electron chi connectivity index (χ3n) is 2.49. The summed E-state index contributed by atoms with van der Waals surface area (Å²) in [5, 5.41) is 0. The Morgan fingerprint density at radius 3 is 2.11 bits per heavy atom. The van der Waals surface area contributed by atoms with E-state index in [0.29, 0.717) is 6.42 Å². The van der Waals surface area contributed by atoms with Crippen molar-refractivity contribution in [1.82, 2.24) is 4.72 Å². The Morgan fingerprint density at radius 1 is 1.21 bits per heavy atom. The van der Waals surface area contributed by atoms with Gasteiger partial charge in [-0.25, -0.2) is 16.8 Å². The fraction of sp³-hybridized carbons (Fsp3) is 0.900. The minimum absolute atomic E-state index is 0.262. The van der Waals surface area contributed by atoms with Gasteiger partial charge < -0.3 is 4.74 Å². The Bertz CT molecular complexity index is 510. The Morgan fingerprint density at radius 2 is 1.74 bits per heavy atom. The van der Waals surface area contributed by atoms with Crippen molar-refractivity contribution in [1.29, 1.82) is 0 Å². The maximum absolute atomic E-state index is 11.8. The molecule has 0 heterocycles. The van der Waals surface area contributed by atoms with E-state index in [1.54, 1.807) is 6.92 Å². The van der Waals surface area contributed by atoms with Crippen LogP contribution in [0.15, 0.2) is 0 Å². The van der Waals surface area contributed by atoms with Gasteiger partial charge in [-0.05, 0) is 13.3 Å². The van der Waals surface area contributed by atoms with E-state index in [1.807, 2.05) is 0 Å². The third-order valence-corrected chi connectivity index (χ3v) is 5.20. The molecule has 0 fully saturated rings. The number of carbonyl (C=O) groups excluding carboxylic acids is 1. The number of sulfonamides is 1. The van der Waals surface area contributed by atoms with E-state index in [1.165, 1.54) is 14.0 Å². The number of methoxy groups -OCH3 is 1. The van der Waals surface area contributed by atoms with Crippen molar-refractivity contribution in [3.05, 3.63) is 0 Å². The standard InChI is InChI=1S/C10H21NO6S2/c1-5-6-10(2,9(12)17-3)11-19(15,16)8-7-18(4,13)14/h11H,5-8H2,1-4H3. The average molecular weight is 315 g/mol. The third kappa shape index (κ3) is 6.88. The number of carbonyl (C=O) groups is 1. The number of rotatable bonds is 8. The first-order chi connectivity index (χ1) is 8.46. The highest BCUT2D eigenvalue weighted by molar-refractivity contribution is 7.93. The molecule has 1 N–H and O–H groups in total. The number of hydrogen-bond acceptors (Lipinski definition) is 6. The predicted molar refractivity (Wildman–Crippen MR) is 72.0 cm³/mol. The molecule has 0 saturated carbocycles. The zero-order valence-electron chi connectivity index (χ0n) is 11.6. The van der Waals surface area contributed by atoms with E-state index in [0.717, 1.165) is 6.26 Å². The summed E-state index contributed by atoms with van der Waals surface area (Å²) < 4.78 is 52.4. The van der Waals surface area contributed by atoms with E-state index in [9.17, 15) is 21.6 Å². The summed E-state index contributed by atoms with van der Waals surface area (Å²) in [6.07, 6.45) is 1.78. The van der Waals surface area contributed by atoms with E-state index < -0.39 is 42.9 Å². The summed E-state index contributed by atoms with van der Waals surface area (Å²) in [4.78, 5) is 11.6. The lowest BCUT2D eigenvalue weighted by Crippen LogP contribution is -2.53. The Balaban J connectivity index is 4.99. The fourth-order valence-corrected chi connectivity index (χ4v) is 4.64. The van der Waals surface area contributed by atoms with Gasteiger partial charge in [-0.1, -0.05) is 13.3 Å². The molecule has 0 aliphatic carbocycles. The minimum atomic E-state index is -3.88. The molecule has 0 aromatic rings. The second kappa shape index (κ2) is 6.67. The SMILES string of the molecule is CCCC(C)(NS(=O)(=O)CCS(C)(=O)=O)C(=O)OC. The van der Waals surface area contributed by atoms with Crippen LogP contribution >= 0.6 is 0 Å². The minimum Gasteiger partial charge on any atom is -0.468 e. The van der Waals surface area contributed by atoms with Gasteiger partial charge >= 0.3 is 5.97 Å². The number of esters is 1. The van der Waals surface area contributed by atoms with Crippen LogP contribution in [-0.4, -0.2) is 53.2 Å². The zero-order valence-corrected chi connectivity index (χ0v) is 13.2. The van der Waals surface area contributed by atoms with Gasteiger partial charge in [0.05, 0.1) is 18.6 Å². The summed E-state index contributed by atoms with van der Waals surface area (Å²) in [5.74, 6) is -1.77. The molecule has 1 atom stereocenters. The number of nitrogens with one attached hydrogen (secondary N) is 1. The van der Waals surface area contributed by atoms with Crippen LogP contribution in [0.5, 0.6) is 0 Å². The van der Waals surface area contributed by atoms with E-state index >= 15 is 0 Å². The molecule has 0 radical (unpaired) electrons. The zero-order chi connectivity index (χ0) is 15.3. The molecule has 0 aromatic carbocycles. The maximum atomic E-state index is 11.8. The predicted octanol–water partition coefficient (Wildman–Crippen LogP) is -0.318.